The first-order valence-corrected chi connectivity index (χ1v) is 8.38. The Morgan fingerprint density at radius 2 is 1.89 bits per heavy atom. The van der Waals surface area contributed by atoms with Crippen molar-refractivity contribution >= 4 is 9.84 Å². The molecule has 1 unspecified atom stereocenters. The van der Waals surface area contributed by atoms with Crippen molar-refractivity contribution in [3.05, 3.63) is 35.4 Å². The van der Waals surface area contributed by atoms with E-state index in [-0.39, 0.29) is 11.8 Å². The van der Waals surface area contributed by atoms with Gasteiger partial charge in [0, 0.05) is 12.3 Å². The van der Waals surface area contributed by atoms with Crippen LogP contribution in [0.3, 0.4) is 0 Å². The summed E-state index contributed by atoms with van der Waals surface area (Å²) in [5, 5.41) is 3.20. The molecule has 3 nitrogen and oxygen atoms in total. The lowest BCUT2D eigenvalue weighted by Gasteiger charge is -2.16. The van der Waals surface area contributed by atoms with Gasteiger partial charge in [-0.25, -0.2) is 8.42 Å². The summed E-state index contributed by atoms with van der Waals surface area (Å²) in [7, 11) is -0.967. The highest BCUT2D eigenvalue weighted by atomic mass is 32.2. The molecule has 0 fully saturated rings. The second kappa shape index (κ2) is 6.90. The SMILES string of the molecule is CNC(CCc1ccccc1C)CCS(C)(=O)=O. The largest absolute Gasteiger partial charge is 0.317 e. The Morgan fingerprint density at radius 3 is 2.44 bits per heavy atom. The van der Waals surface area contributed by atoms with Crippen LogP contribution in [0.1, 0.15) is 24.0 Å². The van der Waals surface area contributed by atoms with Crippen molar-refractivity contribution in [2.45, 2.75) is 32.2 Å². The molecule has 102 valence electrons. The van der Waals surface area contributed by atoms with Gasteiger partial charge < -0.3 is 5.32 Å². The summed E-state index contributed by atoms with van der Waals surface area (Å²) in [6, 6.07) is 8.60. The molecule has 4 heteroatoms. The summed E-state index contributed by atoms with van der Waals surface area (Å²) in [6.45, 7) is 2.11. The monoisotopic (exact) mass is 269 g/mol. The Kier molecular flexibility index (Phi) is 5.82. The lowest BCUT2D eigenvalue weighted by atomic mass is 10.00. The van der Waals surface area contributed by atoms with Gasteiger partial charge in [0.2, 0.25) is 0 Å². The van der Waals surface area contributed by atoms with Crippen LogP contribution in [0.25, 0.3) is 0 Å². The van der Waals surface area contributed by atoms with Crippen LogP contribution in [0.2, 0.25) is 0 Å². The van der Waals surface area contributed by atoms with Crippen LogP contribution in [0.5, 0.6) is 0 Å². The molecule has 0 heterocycles. The first-order chi connectivity index (χ1) is 8.42. The Balaban J connectivity index is 2.47. The molecule has 0 radical (unpaired) electrons. The Bertz CT molecular complexity index is 468. The molecule has 0 saturated carbocycles. The van der Waals surface area contributed by atoms with Gasteiger partial charge in [0.05, 0.1) is 5.75 Å². The van der Waals surface area contributed by atoms with E-state index in [1.54, 1.807) is 0 Å². The summed E-state index contributed by atoms with van der Waals surface area (Å²) in [6.07, 6.45) is 3.93. The molecule has 1 rings (SSSR count). The molecule has 18 heavy (non-hydrogen) atoms. The topological polar surface area (TPSA) is 46.2 Å². The zero-order chi connectivity index (χ0) is 13.6. The highest BCUT2D eigenvalue weighted by Crippen LogP contribution is 2.12. The highest BCUT2D eigenvalue weighted by Gasteiger charge is 2.11. The van der Waals surface area contributed by atoms with Gasteiger partial charge in [0.25, 0.3) is 0 Å². The van der Waals surface area contributed by atoms with Gasteiger partial charge in [-0.15, -0.1) is 0 Å². The normalized spacial score (nSPS) is 13.5. The zero-order valence-electron chi connectivity index (χ0n) is 11.4. The van der Waals surface area contributed by atoms with Crippen molar-refractivity contribution in [1.82, 2.24) is 5.32 Å². The van der Waals surface area contributed by atoms with Crippen LogP contribution < -0.4 is 5.32 Å². The predicted octanol–water partition coefficient (Wildman–Crippen LogP) is 1.95. The standard InChI is InChI=1S/C14H23NO2S/c1-12-6-4-5-7-13(12)8-9-14(15-2)10-11-18(3,16)17/h4-7,14-15H,8-11H2,1-3H3. The van der Waals surface area contributed by atoms with Crippen molar-refractivity contribution < 1.29 is 8.42 Å². The molecule has 0 bridgehead atoms. The number of rotatable bonds is 7. The molecule has 0 spiro atoms. The van der Waals surface area contributed by atoms with E-state index in [4.69, 9.17) is 0 Å². The first kappa shape index (κ1) is 15.2. The molecule has 1 aromatic carbocycles. The summed E-state index contributed by atoms with van der Waals surface area (Å²) < 4.78 is 22.3. The van der Waals surface area contributed by atoms with E-state index in [1.807, 2.05) is 19.2 Å². The lowest BCUT2D eigenvalue weighted by Crippen LogP contribution is -2.28. The van der Waals surface area contributed by atoms with E-state index < -0.39 is 9.84 Å². The molecule has 0 saturated heterocycles. The van der Waals surface area contributed by atoms with Gasteiger partial charge in [0.1, 0.15) is 9.84 Å². The van der Waals surface area contributed by atoms with Gasteiger partial charge in [0.15, 0.2) is 0 Å². The fourth-order valence-electron chi connectivity index (χ4n) is 2.01. The maximum Gasteiger partial charge on any atom is 0.147 e. The summed E-state index contributed by atoms with van der Waals surface area (Å²) in [4.78, 5) is 0. The Morgan fingerprint density at radius 1 is 1.22 bits per heavy atom. The molecule has 0 aliphatic carbocycles. The molecule has 1 atom stereocenters. The number of benzene rings is 1. The number of hydrogen-bond donors (Lipinski definition) is 1. The van der Waals surface area contributed by atoms with Crippen molar-refractivity contribution in [2.75, 3.05) is 19.1 Å². The quantitative estimate of drug-likeness (QED) is 0.823. The van der Waals surface area contributed by atoms with Gasteiger partial charge >= 0.3 is 0 Å². The van der Waals surface area contributed by atoms with E-state index in [2.05, 4.69) is 24.4 Å². The van der Waals surface area contributed by atoms with Crippen molar-refractivity contribution in [2.24, 2.45) is 0 Å². The Hall–Kier alpha value is -0.870. The Labute approximate surface area is 111 Å². The van der Waals surface area contributed by atoms with Crippen LogP contribution in [0, 0.1) is 6.92 Å². The number of aryl methyl sites for hydroxylation is 2. The first-order valence-electron chi connectivity index (χ1n) is 6.32. The number of nitrogens with one attached hydrogen (secondary N) is 1. The van der Waals surface area contributed by atoms with Gasteiger partial charge in [-0.3, -0.25) is 0 Å². The zero-order valence-corrected chi connectivity index (χ0v) is 12.3. The van der Waals surface area contributed by atoms with E-state index >= 15 is 0 Å². The van der Waals surface area contributed by atoms with Crippen molar-refractivity contribution in [3.63, 3.8) is 0 Å². The van der Waals surface area contributed by atoms with E-state index in [0.29, 0.717) is 6.42 Å². The molecule has 0 aliphatic heterocycles. The van der Waals surface area contributed by atoms with Crippen LogP contribution in [-0.2, 0) is 16.3 Å². The fraction of sp³-hybridized carbons (Fsp3) is 0.571. The number of sulfone groups is 1. The molecule has 0 aromatic heterocycles. The minimum atomic E-state index is -2.86. The number of hydrogen-bond acceptors (Lipinski definition) is 3. The third kappa shape index (κ3) is 5.65. The second-order valence-corrected chi connectivity index (χ2v) is 7.13. The van der Waals surface area contributed by atoms with E-state index in [1.165, 1.54) is 17.4 Å². The van der Waals surface area contributed by atoms with Crippen LogP contribution in [-0.4, -0.2) is 33.5 Å². The van der Waals surface area contributed by atoms with Gasteiger partial charge in [-0.2, -0.15) is 0 Å². The van der Waals surface area contributed by atoms with Crippen molar-refractivity contribution in [3.8, 4) is 0 Å². The highest BCUT2D eigenvalue weighted by molar-refractivity contribution is 7.90. The molecular formula is C14H23NO2S. The van der Waals surface area contributed by atoms with Crippen LogP contribution >= 0.6 is 0 Å². The third-order valence-electron chi connectivity index (χ3n) is 3.27. The second-order valence-electron chi connectivity index (χ2n) is 4.87. The average molecular weight is 269 g/mol. The minimum Gasteiger partial charge on any atom is -0.317 e. The molecule has 0 amide bonds. The van der Waals surface area contributed by atoms with E-state index in [9.17, 15) is 8.42 Å². The minimum absolute atomic E-state index is 0.256. The molecule has 1 N–H and O–H groups in total. The maximum absolute atomic E-state index is 11.2. The molecule has 0 aliphatic rings. The maximum atomic E-state index is 11.2. The fourth-order valence-corrected chi connectivity index (χ4v) is 2.72. The van der Waals surface area contributed by atoms with Crippen molar-refractivity contribution in [1.29, 1.82) is 0 Å². The molecule has 1 aromatic rings. The van der Waals surface area contributed by atoms with Crippen LogP contribution in [0.15, 0.2) is 24.3 Å². The summed E-state index contributed by atoms with van der Waals surface area (Å²) in [5.41, 5.74) is 2.65. The average Bonchev–Trinajstić information content (AvgIpc) is 2.30. The lowest BCUT2D eigenvalue weighted by molar-refractivity contribution is 0.504. The van der Waals surface area contributed by atoms with Crippen LogP contribution in [0.4, 0.5) is 0 Å². The van der Waals surface area contributed by atoms with Gasteiger partial charge in [-0.05, 0) is 44.4 Å². The van der Waals surface area contributed by atoms with E-state index in [0.717, 1.165) is 12.8 Å². The molecular weight excluding hydrogens is 246 g/mol. The smallest absolute Gasteiger partial charge is 0.147 e. The van der Waals surface area contributed by atoms with Gasteiger partial charge in [-0.1, -0.05) is 24.3 Å². The predicted molar refractivity (Wildman–Crippen MR) is 76.7 cm³/mol. The summed E-state index contributed by atoms with van der Waals surface area (Å²) in [5.74, 6) is 0.256. The summed E-state index contributed by atoms with van der Waals surface area (Å²) >= 11 is 0. The third-order valence-corrected chi connectivity index (χ3v) is 4.25.